The molecule has 1 aliphatic heterocycles. The lowest BCUT2D eigenvalue weighted by Crippen LogP contribution is -2.69. The van der Waals surface area contributed by atoms with Crippen LogP contribution in [0.3, 0.4) is 0 Å². The molecule has 1 aliphatic carbocycles. The van der Waals surface area contributed by atoms with Crippen LogP contribution >= 0.6 is 0 Å². The third kappa shape index (κ3) is 2.17. The summed E-state index contributed by atoms with van der Waals surface area (Å²) in [6.45, 7) is 6.51. The van der Waals surface area contributed by atoms with Crippen molar-refractivity contribution in [2.24, 2.45) is 5.92 Å². The highest BCUT2D eigenvalue weighted by molar-refractivity contribution is 5.99. The lowest BCUT2D eigenvalue weighted by atomic mass is 9.91. The molecule has 4 nitrogen and oxygen atoms in total. The average Bonchev–Trinajstić information content (AvgIpc) is 3.10. The highest BCUT2D eigenvalue weighted by Gasteiger charge is 2.47. The Bertz CT molecular complexity index is 338. The highest BCUT2D eigenvalue weighted by Crippen LogP contribution is 2.33. The first-order valence-corrected chi connectivity index (χ1v) is 6.65. The number of nitrogens with zero attached hydrogens (tertiary/aromatic N) is 1. The van der Waals surface area contributed by atoms with Gasteiger partial charge < -0.3 is 10.2 Å². The maximum Gasteiger partial charge on any atom is 0.248 e. The molecule has 0 aromatic rings. The van der Waals surface area contributed by atoms with Gasteiger partial charge >= 0.3 is 0 Å². The summed E-state index contributed by atoms with van der Waals surface area (Å²) in [5, 5.41) is 2.89. The molecular weight excluding hydrogens is 216 g/mol. The van der Waals surface area contributed by atoms with Gasteiger partial charge in [-0.1, -0.05) is 13.8 Å². The number of amides is 2. The van der Waals surface area contributed by atoms with E-state index in [9.17, 15) is 9.59 Å². The van der Waals surface area contributed by atoms with E-state index in [1.54, 1.807) is 0 Å². The molecule has 0 radical (unpaired) electrons. The summed E-state index contributed by atoms with van der Waals surface area (Å²) in [7, 11) is 0. The SMILES string of the molecule is CCC1C(=O)NC(C)(CC)C(=O)N1CC1CC1. The minimum atomic E-state index is -0.697. The van der Waals surface area contributed by atoms with Crippen molar-refractivity contribution in [2.75, 3.05) is 6.54 Å². The topological polar surface area (TPSA) is 49.4 Å². The maximum atomic E-state index is 12.5. The maximum absolute atomic E-state index is 12.5. The Morgan fingerprint density at radius 1 is 1.35 bits per heavy atom. The number of hydrogen-bond acceptors (Lipinski definition) is 2. The summed E-state index contributed by atoms with van der Waals surface area (Å²) in [5.74, 6) is 0.732. The Balaban J connectivity index is 2.21. The van der Waals surface area contributed by atoms with Gasteiger partial charge in [0.05, 0.1) is 0 Å². The predicted molar refractivity (Wildman–Crippen MR) is 65.4 cm³/mol. The molecule has 0 aromatic carbocycles. The fourth-order valence-corrected chi connectivity index (χ4v) is 2.44. The third-order valence-corrected chi connectivity index (χ3v) is 4.06. The van der Waals surface area contributed by atoms with Crippen LogP contribution in [-0.4, -0.2) is 34.8 Å². The number of carbonyl (C=O) groups is 2. The van der Waals surface area contributed by atoms with Crippen LogP contribution in [0.4, 0.5) is 0 Å². The molecule has 1 heterocycles. The molecule has 1 saturated carbocycles. The molecule has 2 rings (SSSR count). The molecule has 1 N–H and O–H groups in total. The van der Waals surface area contributed by atoms with Crippen molar-refractivity contribution in [1.82, 2.24) is 10.2 Å². The molecule has 2 atom stereocenters. The van der Waals surface area contributed by atoms with E-state index in [0.717, 1.165) is 6.54 Å². The molecule has 1 saturated heterocycles. The molecule has 96 valence electrons. The van der Waals surface area contributed by atoms with Crippen LogP contribution in [0.25, 0.3) is 0 Å². The van der Waals surface area contributed by atoms with Crippen LogP contribution in [0.1, 0.15) is 46.5 Å². The number of rotatable bonds is 4. The van der Waals surface area contributed by atoms with E-state index in [2.05, 4.69) is 5.32 Å². The van der Waals surface area contributed by atoms with Crippen molar-refractivity contribution in [2.45, 2.75) is 58.0 Å². The van der Waals surface area contributed by atoms with Crippen LogP contribution in [0.2, 0.25) is 0 Å². The molecule has 0 bridgehead atoms. The Morgan fingerprint density at radius 3 is 2.47 bits per heavy atom. The molecule has 0 spiro atoms. The standard InChI is InChI=1S/C13H22N2O2/c1-4-10-11(16)14-13(3,5-2)12(17)15(10)8-9-6-7-9/h9-10H,4-8H2,1-3H3,(H,14,16). The molecule has 17 heavy (non-hydrogen) atoms. The molecule has 4 heteroatoms. The Kier molecular flexibility index (Phi) is 3.15. The van der Waals surface area contributed by atoms with E-state index < -0.39 is 5.54 Å². The summed E-state index contributed by atoms with van der Waals surface area (Å²) in [5.41, 5.74) is -0.697. The van der Waals surface area contributed by atoms with Crippen LogP contribution in [0.15, 0.2) is 0 Å². The number of piperazine rings is 1. The Hall–Kier alpha value is -1.06. The summed E-state index contributed by atoms with van der Waals surface area (Å²) in [6.07, 6.45) is 3.74. The van der Waals surface area contributed by atoms with Gasteiger partial charge in [0, 0.05) is 6.54 Å². The lowest BCUT2D eigenvalue weighted by molar-refractivity contribution is -0.154. The summed E-state index contributed by atoms with van der Waals surface area (Å²) in [6, 6.07) is -0.261. The second kappa shape index (κ2) is 4.31. The molecule has 2 amide bonds. The summed E-state index contributed by atoms with van der Waals surface area (Å²) < 4.78 is 0. The normalized spacial score (nSPS) is 33.8. The van der Waals surface area contributed by atoms with E-state index in [-0.39, 0.29) is 17.9 Å². The van der Waals surface area contributed by atoms with Gasteiger partial charge in [0.15, 0.2) is 0 Å². The quantitative estimate of drug-likeness (QED) is 0.802. The van der Waals surface area contributed by atoms with E-state index in [1.165, 1.54) is 12.8 Å². The van der Waals surface area contributed by atoms with Crippen LogP contribution in [0, 0.1) is 5.92 Å². The van der Waals surface area contributed by atoms with Crippen LogP contribution < -0.4 is 5.32 Å². The fourth-order valence-electron chi connectivity index (χ4n) is 2.44. The van der Waals surface area contributed by atoms with Gasteiger partial charge in [-0.3, -0.25) is 9.59 Å². The second-order valence-corrected chi connectivity index (χ2v) is 5.50. The third-order valence-electron chi connectivity index (χ3n) is 4.06. The molecular formula is C13H22N2O2. The Labute approximate surface area is 103 Å². The molecule has 2 fully saturated rings. The highest BCUT2D eigenvalue weighted by atomic mass is 16.2. The van der Waals surface area contributed by atoms with E-state index in [4.69, 9.17) is 0 Å². The molecule has 2 aliphatic rings. The van der Waals surface area contributed by atoms with Crippen LogP contribution in [0.5, 0.6) is 0 Å². The largest absolute Gasteiger partial charge is 0.340 e. The first kappa shape index (κ1) is 12.4. The van der Waals surface area contributed by atoms with E-state index >= 15 is 0 Å². The zero-order chi connectivity index (χ0) is 12.6. The minimum absolute atomic E-state index is 0.0112. The van der Waals surface area contributed by atoms with Crippen LogP contribution in [-0.2, 0) is 9.59 Å². The number of hydrogen-bond donors (Lipinski definition) is 1. The van der Waals surface area contributed by atoms with Gasteiger partial charge in [-0.05, 0) is 38.5 Å². The lowest BCUT2D eigenvalue weighted by Gasteiger charge is -2.44. The van der Waals surface area contributed by atoms with Gasteiger partial charge in [-0.15, -0.1) is 0 Å². The second-order valence-electron chi connectivity index (χ2n) is 5.50. The zero-order valence-corrected chi connectivity index (χ0v) is 11.0. The van der Waals surface area contributed by atoms with Crippen molar-refractivity contribution in [3.63, 3.8) is 0 Å². The van der Waals surface area contributed by atoms with Crippen molar-refractivity contribution in [3.8, 4) is 0 Å². The zero-order valence-electron chi connectivity index (χ0n) is 11.0. The van der Waals surface area contributed by atoms with Gasteiger partial charge in [-0.2, -0.15) is 0 Å². The van der Waals surface area contributed by atoms with Crippen molar-refractivity contribution >= 4 is 11.8 Å². The molecule has 0 aromatic heterocycles. The van der Waals surface area contributed by atoms with E-state index in [1.807, 2.05) is 25.7 Å². The first-order chi connectivity index (χ1) is 8.01. The smallest absolute Gasteiger partial charge is 0.248 e. The van der Waals surface area contributed by atoms with Crippen molar-refractivity contribution in [3.05, 3.63) is 0 Å². The Morgan fingerprint density at radius 2 is 2.00 bits per heavy atom. The summed E-state index contributed by atoms with van der Waals surface area (Å²) >= 11 is 0. The van der Waals surface area contributed by atoms with Crippen molar-refractivity contribution in [1.29, 1.82) is 0 Å². The fraction of sp³-hybridized carbons (Fsp3) is 0.846. The van der Waals surface area contributed by atoms with Gasteiger partial charge in [0.2, 0.25) is 11.8 Å². The predicted octanol–water partition coefficient (Wildman–Crippen LogP) is 1.30. The van der Waals surface area contributed by atoms with Crippen molar-refractivity contribution < 1.29 is 9.59 Å². The summed E-state index contributed by atoms with van der Waals surface area (Å²) in [4.78, 5) is 26.3. The van der Waals surface area contributed by atoms with Gasteiger partial charge in [-0.25, -0.2) is 0 Å². The minimum Gasteiger partial charge on any atom is -0.340 e. The monoisotopic (exact) mass is 238 g/mol. The average molecular weight is 238 g/mol. The first-order valence-electron chi connectivity index (χ1n) is 6.65. The van der Waals surface area contributed by atoms with Gasteiger partial charge in [0.25, 0.3) is 0 Å². The van der Waals surface area contributed by atoms with E-state index in [0.29, 0.717) is 18.8 Å². The number of nitrogens with one attached hydrogen (secondary N) is 1. The number of carbonyl (C=O) groups excluding carboxylic acids is 2. The van der Waals surface area contributed by atoms with Gasteiger partial charge in [0.1, 0.15) is 11.6 Å². The molecule has 2 unspecified atom stereocenters.